The van der Waals surface area contributed by atoms with Crippen molar-refractivity contribution in [3.63, 3.8) is 0 Å². The van der Waals surface area contributed by atoms with Crippen molar-refractivity contribution in [3.05, 3.63) is 23.8 Å². The third kappa shape index (κ3) is 3.99. The van der Waals surface area contributed by atoms with E-state index < -0.39 is 0 Å². The van der Waals surface area contributed by atoms with E-state index in [-0.39, 0.29) is 11.2 Å². The molecule has 0 fully saturated rings. The highest BCUT2D eigenvalue weighted by molar-refractivity contribution is 5.96. The van der Waals surface area contributed by atoms with Crippen LogP contribution in [-0.4, -0.2) is 19.0 Å². The van der Waals surface area contributed by atoms with Crippen molar-refractivity contribution in [2.75, 3.05) is 13.2 Å². The number of fused-ring (bicyclic) bond motifs is 1. The van der Waals surface area contributed by atoms with Crippen molar-refractivity contribution in [1.29, 1.82) is 0 Å². The van der Waals surface area contributed by atoms with E-state index in [1.165, 1.54) is 0 Å². The number of hydrogen-bond acceptors (Lipinski definition) is 3. The van der Waals surface area contributed by atoms with Gasteiger partial charge in [0.2, 0.25) is 0 Å². The summed E-state index contributed by atoms with van der Waals surface area (Å²) in [5, 5.41) is 0. The number of carbonyl (C=O) groups is 1. The summed E-state index contributed by atoms with van der Waals surface area (Å²) in [6.07, 6.45) is 1.63. The maximum absolute atomic E-state index is 12.3. The van der Waals surface area contributed by atoms with Gasteiger partial charge in [-0.3, -0.25) is 4.79 Å². The van der Waals surface area contributed by atoms with Gasteiger partial charge in [0.1, 0.15) is 13.2 Å². The van der Waals surface area contributed by atoms with Gasteiger partial charge in [0, 0.05) is 12.0 Å². The summed E-state index contributed by atoms with van der Waals surface area (Å²) < 4.78 is 11.0. The minimum Gasteiger partial charge on any atom is -0.486 e. The lowest BCUT2D eigenvalue weighted by atomic mass is 9.83. The highest BCUT2D eigenvalue weighted by Gasteiger charge is 2.20. The number of ether oxygens (including phenoxy) is 2. The molecule has 1 aromatic carbocycles. The van der Waals surface area contributed by atoms with E-state index in [4.69, 9.17) is 9.47 Å². The molecule has 20 heavy (non-hydrogen) atoms. The Hall–Kier alpha value is -1.51. The second-order valence-electron chi connectivity index (χ2n) is 6.86. The van der Waals surface area contributed by atoms with Crippen LogP contribution in [0.1, 0.15) is 50.9 Å². The zero-order valence-corrected chi connectivity index (χ0v) is 12.9. The van der Waals surface area contributed by atoms with Crippen LogP contribution in [-0.2, 0) is 0 Å². The van der Waals surface area contributed by atoms with Crippen LogP contribution in [0.3, 0.4) is 0 Å². The second-order valence-corrected chi connectivity index (χ2v) is 6.86. The SMILES string of the molecule is CC(CC(=O)c1ccc2c(c1)OCCO2)CC(C)(C)C. The number of Topliss-reactive ketones (excluding diaryl/α,β-unsaturated/α-hetero) is 1. The standard InChI is InChI=1S/C17H24O3/c1-12(11-17(2,3)4)9-14(18)13-5-6-15-16(10-13)20-8-7-19-15/h5-6,10,12H,7-9,11H2,1-4H3. The lowest BCUT2D eigenvalue weighted by Crippen LogP contribution is -2.17. The fraction of sp³-hybridized carbons (Fsp3) is 0.588. The minimum atomic E-state index is 0.179. The molecule has 0 saturated heterocycles. The quantitative estimate of drug-likeness (QED) is 0.777. The van der Waals surface area contributed by atoms with Crippen molar-refractivity contribution >= 4 is 5.78 Å². The number of benzene rings is 1. The lowest BCUT2D eigenvalue weighted by Gasteiger charge is -2.23. The molecule has 1 atom stereocenters. The fourth-order valence-corrected chi connectivity index (χ4v) is 2.77. The van der Waals surface area contributed by atoms with E-state index in [0.717, 1.165) is 17.7 Å². The maximum Gasteiger partial charge on any atom is 0.163 e. The molecule has 0 aromatic heterocycles. The number of carbonyl (C=O) groups excluding carboxylic acids is 1. The third-order valence-electron chi connectivity index (χ3n) is 3.36. The number of rotatable bonds is 4. The largest absolute Gasteiger partial charge is 0.486 e. The van der Waals surface area contributed by atoms with Crippen molar-refractivity contribution < 1.29 is 14.3 Å². The maximum atomic E-state index is 12.3. The zero-order valence-electron chi connectivity index (χ0n) is 12.9. The van der Waals surface area contributed by atoms with E-state index in [1.54, 1.807) is 6.07 Å². The molecule has 1 aromatic rings. The molecule has 1 unspecified atom stereocenters. The summed E-state index contributed by atoms with van der Waals surface area (Å²) in [6, 6.07) is 5.47. The van der Waals surface area contributed by atoms with Gasteiger partial charge < -0.3 is 9.47 Å². The number of hydrogen-bond donors (Lipinski definition) is 0. The van der Waals surface area contributed by atoms with Crippen LogP contribution < -0.4 is 9.47 Å². The van der Waals surface area contributed by atoms with Crippen molar-refractivity contribution in [3.8, 4) is 11.5 Å². The molecule has 0 N–H and O–H groups in total. The van der Waals surface area contributed by atoms with Gasteiger partial charge in [-0.25, -0.2) is 0 Å². The normalized spacial score (nSPS) is 15.8. The summed E-state index contributed by atoms with van der Waals surface area (Å²) >= 11 is 0. The Labute approximate surface area is 121 Å². The van der Waals surface area contributed by atoms with Gasteiger partial charge in [-0.05, 0) is 36.0 Å². The van der Waals surface area contributed by atoms with Gasteiger partial charge in [0.05, 0.1) is 0 Å². The van der Waals surface area contributed by atoms with E-state index in [0.29, 0.717) is 31.3 Å². The van der Waals surface area contributed by atoms with E-state index in [2.05, 4.69) is 27.7 Å². The molecular formula is C17H24O3. The molecular weight excluding hydrogens is 252 g/mol. The van der Waals surface area contributed by atoms with Gasteiger partial charge in [-0.2, -0.15) is 0 Å². The van der Waals surface area contributed by atoms with Gasteiger partial charge in [0.15, 0.2) is 17.3 Å². The van der Waals surface area contributed by atoms with Crippen LogP contribution in [0.2, 0.25) is 0 Å². The van der Waals surface area contributed by atoms with E-state index in [9.17, 15) is 4.79 Å². The predicted octanol–water partition coefficient (Wildman–Crippen LogP) is 4.10. The Balaban J connectivity index is 2.02. The minimum absolute atomic E-state index is 0.179. The van der Waals surface area contributed by atoms with Crippen molar-refractivity contribution in [1.82, 2.24) is 0 Å². The first-order chi connectivity index (χ1) is 9.35. The van der Waals surface area contributed by atoms with Crippen LogP contribution in [0.5, 0.6) is 11.5 Å². The molecule has 1 aliphatic rings. The Bertz CT molecular complexity index is 485. The van der Waals surface area contributed by atoms with Crippen molar-refractivity contribution in [2.45, 2.75) is 40.5 Å². The molecule has 0 spiro atoms. The molecule has 110 valence electrons. The first-order valence-electron chi connectivity index (χ1n) is 7.28. The monoisotopic (exact) mass is 276 g/mol. The molecule has 2 rings (SSSR count). The summed E-state index contributed by atoms with van der Waals surface area (Å²) in [6.45, 7) is 9.88. The van der Waals surface area contributed by atoms with Gasteiger partial charge in [-0.15, -0.1) is 0 Å². The fourth-order valence-electron chi connectivity index (χ4n) is 2.77. The lowest BCUT2D eigenvalue weighted by molar-refractivity contribution is 0.0953. The van der Waals surface area contributed by atoms with Gasteiger partial charge >= 0.3 is 0 Å². The van der Waals surface area contributed by atoms with Crippen LogP contribution in [0.15, 0.2) is 18.2 Å². The molecule has 0 amide bonds. The van der Waals surface area contributed by atoms with Gasteiger partial charge in [0.25, 0.3) is 0 Å². The third-order valence-corrected chi connectivity index (χ3v) is 3.36. The predicted molar refractivity (Wildman–Crippen MR) is 79.6 cm³/mol. The summed E-state index contributed by atoms with van der Waals surface area (Å²) in [7, 11) is 0. The Morgan fingerprint density at radius 2 is 1.85 bits per heavy atom. The smallest absolute Gasteiger partial charge is 0.163 e. The molecule has 0 radical (unpaired) electrons. The average molecular weight is 276 g/mol. The summed E-state index contributed by atoms with van der Waals surface area (Å²) in [5.74, 6) is 1.98. The van der Waals surface area contributed by atoms with Crippen LogP contribution in [0, 0.1) is 11.3 Å². The number of ketones is 1. The first-order valence-corrected chi connectivity index (χ1v) is 7.28. The molecule has 1 aliphatic heterocycles. The molecule has 0 saturated carbocycles. The second kappa shape index (κ2) is 5.86. The first kappa shape index (κ1) is 14.9. The summed E-state index contributed by atoms with van der Waals surface area (Å²) in [4.78, 5) is 12.3. The van der Waals surface area contributed by atoms with E-state index >= 15 is 0 Å². The Morgan fingerprint density at radius 3 is 2.50 bits per heavy atom. The Morgan fingerprint density at radius 1 is 1.20 bits per heavy atom. The molecule has 0 bridgehead atoms. The zero-order chi connectivity index (χ0) is 14.8. The molecule has 0 aliphatic carbocycles. The topological polar surface area (TPSA) is 35.5 Å². The average Bonchev–Trinajstić information content (AvgIpc) is 2.35. The highest BCUT2D eigenvalue weighted by atomic mass is 16.6. The van der Waals surface area contributed by atoms with Gasteiger partial charge in [-0.1, -0.05) is 27.7 Å². The highest BCUT2D eigenvalue weighted by Crippen LogP contribution is 2.32. The molecule has 1 heterocycles. The van der Waals surface area contributed by atoms with Crippen LogP contribution >= 0.6 is 0 Å². The van der Waals surface area contributed by atoms with E-state index in [1.807, 2.05) is 12.1 Å². The molecule has 3 nitrogen and oxygen atoms in total. The summed E-state index contributed by atoms with van der Waals surface area (Å²) in [5.41, 5.74) is 0.974. The van der Waals surface area contributed by atoms with Crippen LogP contribution in [0.4, 0.5) is 0 Å². The Kier molecular flexibility index (Phi) is 4.36. The van der Waals surface area contributed by atoms with Crippen LogP contribution in [0.25, 0.3) is 0 Å². The molecule has 3 heteroatoms. The van der Waals surface area contributed by atoms with Crippen molar-refractivity contribution in [2.24, 2.45) is 11.3 Å².